The first-order valence-electron chi connectivity index (χ1n) is 13.1. The molecule has 0 bridgehead atoms. The fourth-order valence-electron chi connectivity index (χ4n) is 4.86. The van der Waals surface area contributed by atoms with Crippen LogP contribution in [0, 0.1) is 13.8 Å². The van der Waals surface area contributed by atoms with Gasteiger partial charge in [0.15, 0.2) is 0 Å². The summed E-state index contributed by atoms with van der Waals surface area (Å²) in [6.45, 7) is 13.7. The number of ether oxygens (including phenoxy) is 3. The Bertz CT molecular complexity index is 1490. The number of anilines is 1. The maximum absolute atomic E-state index is 6.04. The third kappa shape index (κ3) is 6.01. The summed E-state index contributed by atoms with van der Waals surface area (Å²) in [6.07, 6.45) is 0. The molecule has 4 aromatic rings. The molecule has 39 heavy (non-hydrogen) atoms. The number of hydrogen-bond acceptors (Lipinski definition) is 5. The van der Waals surface area contributed by atoms with Crippen LogP contribution in [0.2, 0.25) is 0 Å². The minimum absolute atomic E-state index is 0.507. The minimum Gasteiger partial charge on any atom is -0.494 e. The monoisotopic (exact) mass is 523 g/mol. The highest BCUT2D eigenvalue weighted by Crippen LogP contribution is 2.36. The molecule has 4 rings (SSSR count). The number of benzene rings is 3. The van der Waals surface area contributed by atoms with E-state index in [1.807, 2.05) is 81.6 Å². The van der Waals surface area contributed by atoms with Gasteiger partial charge in [-0.15, -0.1) is 0 Å². The summed E-state index contributed by atoms with van der Waals surface area (Å²) >= 11 is 0. The van der Waals surface area contributed by atoms with Crippen LogP contribution < -0.4 is 19.5 Å². The van der Waals surface area contributed by atoms with Gasteiger partial charge in [-0.1, -0.05) is 43.0 Å². The zero-order valence-electron chi connectivity index (χ0n) is 23.7. The normalized spacial score (nSPS) is 11.3. The van der Waals surface area contributed by atoms with E-state index in [2.05, 4.69) is 47.4 Å². The molecule has 6 heteroatoms. The van der Waals surface area contributed by atoms with E-state index in [0.717, 1.165) is 68.1 Å². The van der Waals surface area contributed by atoms with Crippen LogP contribution in [0.5, 0.6) is 17.2 Å². The number of aliphatic imine (C=N–C) groups is 1. The van der Waals surface area contributed by atoms with Crippen LogP contribution >= 0.6 is 0 Å². The first-order valence-corrected chi connectivity index (χ1v) is 13.1. The minimum atomic E-state index is 0.507. The molecule has 1 aromatic heterocycles. The number of methoxy groups -OCH3 is 1. The van der Waals surface area contributed by atoms with Crippen molar-refractivity contribution in [2.24, 2.45) is 4.99 Å². The van der Waals surface area contributed by atoms with Gasteiger partial charge in [-0.2, -0.15) is 0 Å². The first-order chi connectivity index (χ1) is 18.9. The molecule has 0 saturated carbocycles. The largest absolute Gasteiger partial charge is 0.494 e. The summed E-state index contributed by atoms with van der Waals surface area (Å²) in [5.74, 6) is 2.29. The van der Waals surface area contributed by atoms with E-state index in [4.69, 9.17) is 14.2 Å². The smallest absolute Gasteiger partial charge is 0.146 e. The average Bonchev–Trinajstić information content (AvgIpc) is 3.22. The van der Waals surface area contributed by atoms with E-state index in [9.17, 15) is 0 Å². The summed E-state index contributed by atoms with van der Waals surface area (Å²) < 4.78 is 19.7. The van der Waals surface area contributed by atoms with E-state index in [-0.39, 0.29) is 0 Å². The molecule has 3 aromatic carbocycles. The Balaban J connectivity index is 1.68. The summed E-state index contributed by atoms with van der Waals surface area (Å²) in [5.41, 5.74) is 8.77. The highest BCUT2D eigenvalue weighted by Gasteiger charge is 2.24. The van der Waals surface area contributed by atoms with Crippen LogP contribution in [0.3, 0.4) is 0 Å². The zero-order valence-corrected chi connectivity index (χ0v) is 23.7. The van der Waals surface area contributed by atoms with E-state index < -0.39 is 0 Å². The number of nitrogens with one attached hydrogen (secondary N) is 1. The summed E-state index contributed by atoms with van der Waals surface area (Å²) in [4.78, 5) is 4.53. The quantitative estimate of drug-likeness (QED) is 0.206. The third-order valence-corrected chi connectivity index (χ3v) is 6.72. The Morgan fingerprint density at radius 2 is 1.62 bits per heavy atom. The van der Waals surface area contributed by atoms with Crippen molar-refractivity contribution in [2.45, 2.75) is 34.3 Å². The molecule has 0 spiro atoms. The van der Waals surface area contributed by atoms with Gasteiger partial charge in [0.2, 0.25) is 0 Å². The van der Waals surface area contributed by atoms with Crippen LogP contribution in [0.25, 0.3) is 11.4 Å². The van der Waals surface area contributed by atoms with Gasteiger partial charge < -0.3 is 24.1 Å². The lowest BCUT2D eigenvalue weighted by Gasteiger charge is -2.16. The molecule has 0 aliphatic heterocycles. The predicted molar refractivity (Wildman–Crippen MR) is 161 cm³/mol. The van der Waals surface area contributed by atoms with Gasteiger partial charge in [0.25, 0.3) is 0 Å². The topological polar surface area (TPSA) is 57.0 Å². The highest BCUT2D eigenvalue weighted by molar-refractivity contribution is 6.05. The number of rotatable bonds is 11. The Morgan fingerprint density at radius 3 is 2.31 bits per heavy atom. The second-order valence-corrected chi connectivity index (χ2v) is 9.24. The fraction of sp³-hybridized carbons (Fsp3) is 0.242. The molecule has 0 fully saturated rings. The molecule has 0 amide bonds. The van der Waals surface area contributed by atoms with Crippen LogP contribution in [0.4, 0.5) is 5.69 Å². The Labute approximate surface area is 231 Å². The maximum Gasteiger partial charge on any atom is 0.146 e. The molecule has 6 nitrogen and oxygen atoms in total. The van der Waals surface area contributed by atoms with Gasteiger partial charge in [0.1, 0.15) is 23.9 Å². The van der Waals surface area contributed by atoms with Gasteiger partial charge in [-0.05, 0) is 57.5 Å². The first kappa shape index (κ1) is 27.6. The van der Waals surface area contributed by atoms with Crippen LogP contribution in [0.1, 0.15) is 41.9 Å². The standard InChI is InChI=1S/C33H37N3O3/c1-8-38-29-17-18-30(31(20-29)37-7)36-24(4)32(22(2)34-6)33(25(36)5)23(3)35-27-15-12-16-28(19-27)39-21-26-13-10-9-11-14-26/h9-20,35H,3,8,21H2,1-2,4-7H3. The number of aromatic nitrogens is 1. The molecule has 0 aliphatic carbocycles. The van der Waals surface area contributed by atoms with Gasteiger partial charge >= 0.3 is 0 Å². The fourth-order valence-corrected chi connectivity index (χ4v) is 4.86. The van der Waals surface area contributed by atoms with Gasteiger partial charge in [0.05, 0.1) is 19.4 Å². The van der Waals surface area contributed by atoms with Gasteiger partial charge in [-0.3, -0.25) is 4.99 Å². The molecular formula is C33H37N3O3. The number of nitrogens with zero attached hydrogens (tertiary/aromatic N) is 2. The molecule has 0 unspecified atom stereocenters. The molecule has 0 radical (unpaired) electrons. The summed E-state index contributed by atoms with van der Waals surface area (Å²) in [7, 11) is 3.49. The Hall–Kier alpha value is -4.45. The van der Waals surface area contributed by atoms with Crippen molar-refractivity contribution in [3.63, 3.8) is 0 Å². The van der Waals surface area contributed by atoms with Crippen molar-refractivity contribution in [1.29, 1.82) is 0 Å². The van der Waals surface area contributed by atoms with Crippen LogP contribution in [-0.2, 0) is 6.61 Å². The van der Waals surface area contributed by atoms with Crippen LogP contribution in [0.15, 0.2) is 84.4 Å². The molecule has 0 aliphatic rings. The molecular weight excluding hydrogens is 486 g/mol. The van der Waals surface area contributed by atoms with Gasteiger partial charge in [-0.25, -0.2) is 0 Å². The lowest BCUT2D eigenvalue weighted by atomic mass is 10.0. The molecule has 0 saturated heterocycles. The second kappa shape index (κ2) is 12.4. The Morgan fingerprint density at radius 1 is 0.897 bits per heavy atom. The maximum atomic E-state index is 6.04. The zero-order chi connectivity index (χ0) is 27.9. The van der Waals surface area contributed by atoms with Crippen molar-refractivity contribution >= 4 is 17.1 Å². The van der Waals surface area contributed by atoms with E-state index in [1.54, 1.807) is 7.11 Å². The SMILES string of the molecule is C=C(Nc1cccc(OCc2ccccc2)c1)c1c(C(C)=NC)c(C)n(-c2ccc(OCC)cc2OC)c1C. The van der Waals surface area contributed by atoms with Crippen LogP contribution in [-0.4, -0.2) is 31.0 Å². The summed E-state index contributed by atoms with van der Waals surface area (Å²) in [6, 6.07) is 24.0. The molecule has 1 heterocycles. The lowest BCUT2D eigenvalue weighted by molar-refractivity contribution is 0.306. The highest BCUT2D eigenvalue weighted by atomic mass is 16.5. The van der Waals surface area contributed by atoms with Crippen molar-refractivity contribution in [1.82, 2.24) is 4.57 Å². The predicted octanol–water partition coefficient (Wildman–Crippen LogP) is 7.60. The van der Waals surface area contributed by atoms with Crippen molar-refractivity contribution in [2.75, 3.05) is 26.1 Å². The third-order valence-electron chi connectivity index (χ3n) is 6.72. The van der Waals surface area contributed by atoms with E-state index in [0.29, 0.717) is 13.2 Å². The molecule has 0 atom stereocenters. The second-order valence-electron chi connectivity index (χ2n) is 9.24. The van der Waals surface area contributed by atoms with Crippen molar-refractivity contribution < 1.29 is 14.2 Å². The Kier molecular flexibility index (Phi) is 8.77. The van der Waals surface area contributed by atoms with Crippen molar-refractivity contribution in [3.05, 3.63) is 107 Å². The molecule has 202 valence electrons. The van der Waals surface area contributed by atoms with E-state index in [1.165, 1.54) is 0 Å². The van der Waals surface area contributed by atoms with E-state index >= 15 is 0 Å². The molecule has 1 N–H and O–H groups in total. The summed E-state index contributed by atoms with van der Waals surface area (Å²) in [5, 5.41) is 3.51. The number of hydrogen-bond donors (Lipinski definition) is 1. The average molecular weight is 524 g/mol. The lowest BCUT2D eigenvalue weighted by Crippen LogP contribution is -2.05. The van der Waals surface area contributed by atoms with Gasteiger partial charge in [0, 0.05) is 58.8 Å². The van der Waals surface area contributed by atoms with Crippen molar-refractivity contribution in [3.8, 4) is 22.9 Å².